The van der Waals surface area contributed by atoms with Gasteiger partial charge in [-0.15, -0.1) is 0 Å². The van der Waals surface area contributed by atoms with E-state index in [1.165, 1.54) is 12.1 Å². The van der Waals surface area contributed by atoms with E-state index < -0.39 is 17.5 Å². The van der Waals surface area contributed by atoms with E-state index in [4.69, 9.17) is 0 Å². The molecule has 0 atom stereocenters. The Bertz CT molecular complexity index is 1200. The molecule has 3 aromatic rings. The molecule has 0 bridgehead atoms. The average molecular weight is 493 g/mol. The molecule has 0 aliphatic rings. The molecule has 3 rings (SSSR count). The molecule has 0 saturated heterocycles. The van der Waals surface area contributed by atoms with E-state index in [0.29, 0.717) is 57.8 Å². The molecule has 3 aromatic carbocycles. The standard InChI is InChI=1S/C31H35F3N2/c1-18(2)12-14-35-27-10-8-23(16-25(27)32)29-20(5)21(6)30(31(34)22(29)7)24-9-11-28(26(33)17-24)36-15-13-19(3)4/h8-13,16-17,35-36H,14-15H2,1-7H3. The van der Waals surface area contributed by atoms with E-state index in [2.05, 4.69) is 10.6 Å². The molecular formula is C31H35F3N2. The molecule has 0 spiro atoms. The van der Waals surface area contributed by atoms with Crippen molar-refractivity contribution >= 4 is 11.4 Å². The SMILES string of the molecule is CC(C)=CCNc1ccc(-c2c(C)c(C)c(-c3ccc(NCC=C(C)C)c(F)c3)c(F)c2C)cc1F. The second-order valence-corrected chi connectivity index (χ2v) is 9.65. The number of anilines is 2. The molecule has 0 aromatic heterocycles. The molecular weight excluding hydrogens is 457 g/mol. The van der Waals surface area contributed by atoms with Gasteiger partial charge in [0.1, 0.15) is 17.5 Å². The third kappa shape index (κ3) is 6.01. The van der Waals surface area contributed by atoms with Gasteiger partial charge < -0.3 is 10.6 Å². The Morgan fingerprint density at radius 1 is 0.639 bits per heavy atom. The molecule has 0 heterocycles. The smallest absolute Gasteiger partial charge is 0.146 e. The first-order valence-electron chi connectivity index (χ1n) is 12.1. The zero-order valence-electron chi connectivity index (χ0n) is 22.2. The Balaban J connectivity index is 1.99. The number of benzene rings is 3. The summed E-state index contributed by atoms with van der Waals surface area (Å²) in [5, 5.41) is 6.11. The molecule has 0 aliphatic heterocycles. The summed E-state index contributed by atoms with van der Waals surface area (Å²) < 4.78 is 45.4. The highest BCUT2D eigenvalue weighted by Gasteiger charge is 2.21. The fourth-order valence-corrected chi connectivity index (χ4v) is 4.25. The first kappa shape index (κ1) is 27.1. The van der Waals surface area contributed by atoms with Gasteiger partial charge in [-0.1, -0.05) is 35.4 Å². The molecule has 0 unspecified atom stereocenters. The summed E-state index contributed by atoms with van der Waals surface area (Å²) in [6.07, 6.45) is 3.95. The molecule has 5 heteroatoms. The van der Waals surface area contributed by atoms with Gasteiger partial charge in [-0.05, 0) is 106 Å². The highest BCUT2D eigenvalue weighted by atomic mass is 19.1. The van der Waals surface area contributed by atoms with Gasteiger partial charge >= 0.3 is 0 Å². The minimum Gasteiger partial charge on any atom is -0.379 e. The number of halogens is 3. The molecule has 36 heavy (non-hydrogen) atoms. The van der Waals surface area contributed by atoms with Crippen LogP contribution in [0, 0.1) is 38.2 Å². The minimum atomic E-state index is -0.439. The number of hydrogen-bond donors (Lipinski definition) is 2. The van der Waals surface area contributed by atoms with Gasteiger partial charge in [-0.2, -0.15) is 0 Å². The third-order valence-electron chi connectivity index (χ3n) is 6.36. The lowest BCUT2D eigenvalue weighted by atomic mass is 9.86. The predicted octanol–water partition coefficient (Wildman–Crippen LogP) is 9.12. The number of rotatable bonds is 8. The normalized spacial score (nSPS) is 10.7. The Morgan fingerprint density at radius 2 is 1.06 bits per heavy atom. The van der Waals surface area contributed by atoms with Crippen LogP contribution in [0.1, 0.15) is 44.4 Å². The van der Waals surface area contributed by atoms with Crippen molar-refractivity contribution in [2.24, 2.45) is 0 Å². The van der Waals surface area contributed by atoms with Crippen LogP contribution < -0.4 is 10.6 Å². The number of nitrogens with one attached hydrogen (secondary N) is 2. The van der Waals surface area contributed by atoms with Crippen molar-refractivity contribution in [1.82, 2.24) is 0 Å². The maximum atomic E-state index is 15.8. The van der Waals surface area contributed by atoms with Crippen LogP contribution in [-0.2, 0) is 0 Å². The number of hydrogen-bond acceptors (Lipinski definition) is 2. The summed E-state index contributed by atoms with van der Waals surface area (Å²) in [7, 11) is 0. The van der Waals surface area contributed by atoms with Gasteiger partial charge in [-0.25, -0.2) is 13.2 Å². The highest BCUT2D eigenvalue weighted by Crippen LogP contribution is 2.39. The van der Waals surface area contributed by atoms with E-state index >= 15 is 4.39 Å². The van der Waals surface area contributed by atoms with Gasteiger partial charge in [0.05, 0.1) is 11.4 Å². The quantitative estimate of drug-likeness (QED) is 0.306. The van der Waals surface area contributed by atoms with Crippen molar-refractivity contribution in [3.05, 3.63) is 93.8 Å². The maximum Gasteiger partial charge on any atom is 0.146 e. The lowest BCUT2D eigenvalue weighted by molar-refractivity contribution is 0.618. The van der Waals surface area contributed by atoms with E-state index in [-0.39, 0.29) is 0 Å². The topological polar surface area (TPSA) is 24.1 Å². The van der Waals surface area contributed by atoms with Crippen molar-refractivity contribution < 1.29 is 13.2 Å². The summed E-state index contributed by atoms with van der Waals surface area (Å²) in [6, 6.07) is 9.64. The molecule has 0 saturated carbocycles. The predicted molar refractivity (Wildman–Crippen MR) is 147 cm³/mol. The molecule has 0 fully saturated rings. The van der Waals surface area contributed by atoms with Crippen LogP contribution in [0.3, 0.4) is 0 Å². The summed E-state index contributed by atoms with van der Waals surface area (Å²) in [5.74, 6) is -1.26. The van der Waals surface area contributed by atoms with Crippen molar-refractivity contribution in [3.63, 3.8) is 0 Å². The van der Waals surface area contributed by atoms with E-state index in [1.54, 1.807) is 31.2 Å². The van der Waals surface area contributed by atoms with E-state index in [0.717, 1.165) is 16.7 Å². The lowest BCUT2D eigenvalue weighted by Gasteiger charge is -2.20. The third-order valence-corrected chi connectivity index (χ3v) is 6.36. The van der Waals surface area contributed by atoms with Gasteiger partial charge in [-0.3, -0.25) is 0 Å². The number of allylic oxidation sites excluding steroid dienone is 2. The minimum absolute atomic E-state index is 0.365. The summed E-state index contributed by atoms with van der Waals surface area (Å²) in [4.78, 5) is 0. The fourth-order valence-electron chi connectivity index (χ4n) is 4.25. The Labute approximate surface area is 213 Å². The summed E-state index contributed by atoms with van der Waals surface area (Å²) >= 11 is 0. The van der Waals surface area contributed by atoms with Crippen molar-refractivity contribution in [2.45, 2.75) is 48.5 Å². The molecule has 2 N–H and O–H groups in total. The molecule has 0 radical (unpaired) electrons. The monoisotopic (exact) mass is 492 g/mol. The maximum absolute atomic E-state index is 15.8. The van der Waals surface area contributed by atoms with Crippen molar-refractivity contribution in [3.8, 4) is 22.3 Å². The van der Waals surface area contributed by atoms with Crippen LogP contribution in [0.5, 0.6) is 0 Å². The summed E-state index contributed by atoms with van der Waals surface area (Å²) in [6.45, 7) is 14.4. The molecule has 190 valence electrons. The molecule has 2 nitrogen and oxygen atoms in total. The zero-order chi connectivity index (χ0) is 26.6. The summed E-state index contributed by atoms with van der Waals surface area (Å²) in [5.41, 5.74) is 7.08. The second kappa shape index (κ2) is 11.5. The van der Waals surface area contributed by atoms with E-state index in [9.17, 15) is 8.78 Å². The van der Waals surface area contributed by atoms with Crippen molar-refractivity contribution in [2.75, 3.05) is 23.7 Å². The van der Waals surface area contributed by atoms with Crippen LogP contribution in [0.25, 0.3) is 22.3 Å². The van der Waals surface area contributed by atoms with Gasteiger partial charge in [0.15, 0.2) is 0 Å². The Kier molecular flexibility index (Phi) is 8.67. The lowest BCUT2D eigenvalue weighted by Crippen LogP contribution is -2.04. The Morgan fingerprint density at radius 3 is 1.47 bits per heavy atom. The van der Waals surface area contributed by atoms with Crippen LogP contribution in [0.4, 0.5) is 24.5 Å². The van der Waals surface area contributed by atoms with Crippen molar-refractivity contribution in [1.29, 1.82) is 0 Å². The zero-order valence-corrected chi connectivity index (χ0v) is 22.2. The first-order chi connectivity index (χ1) is 17.0. The van der Waals surface area contributed by atoms with Crippen LogP contribution in [0.2, 0.25) is 0 Å². The van der Waals surface area contributed by atoms with Gasteiger partial charge in [0.2, 0.25) is 0 Å². The van der Waals surface area contributed by atoms with Gasteiger partial charge in [0, 0.05) is 18.7 Å². The van der Waals surface area contributed by atoms with Crippen LogP contribution in [-0.4, -0.2) is 13.1 Å². The van der Waals surface area contributed by atoms with Crippen LogP contribution >= 0.6 is 0 Å². The molecule has 0 amide bonds. The van der Waals surface area contributed by atoms with Gasteiger partial charge in [0.25, 0.3) is 0 Å². The molecule has 0 aliphatic carbocycles. The fraction of sp³-hybridized carbons (Fsp3) is 0.290. The van der Waals surface area contributed by atoms with E-state index in [1.807, 2.05) is 53.7 Å². The highest BCUT2D eigenvalue weighted by molar-refractivity contribution is 5.81. The van der Waals surface area contributed by atoms with Crippen LogP contribution in [0.15, 0.2) is 59.7 Å². The largest absolute Gasteiger partial charge is 0.379 e. The first-order valence-corrected chi connectivity index (χ1v) is 12.1. The average Bonchev–Trinajstić information content (AvgIpc) is 2.80. The second-order valence-electron chi connectivity index (χ2n) is 9.65. The Hall–Kier alpha value is -3.47.